The molecule has 0 radical (unpaired) electrons. The number of ether oxygens (including phenoxy) is 5. The number of carboxylic acids is 1. The minimum atomic E-state index is -1.81. The first-order valence-corrected chi connectivity index (χ1v) is 11.7. The molecule has 196 valence electrons. The van der Waals surface area contributed by atoms with E-state index in [9.17, 15) is 25.2 Å². The molecule has 1 aromatic heterocycles. The monoisotopic (exact) mass is 514 g/mol. The number of aliphatic hydroxyl groups is 3. The molecule has 3 heterocycles. The van der Waals surface area contributed by atoms with Crippen LogP contribution in [0.25, 0.3) is 22.0 Å². The molecule has 1 fully saturated rings. The summed E-state index contributed by atoms with van der Waals surface area (Å²) >= 11 is 0. The number of methoxy groups -OCH3 is 3. The summed E-state index contributed by atoms with van der Waals surface area (Å²) < 4.78 is 29.8. The van der Waals surface area contributed by atoms with Gasteiger partial charge in [0.1, 0.15) is 18.3 Å². The maximum Gasteiger partial charge on any atom is 0.335 e. The molecular weight excluding hydrogens is 486 g/mol. The van der Waals surface area contributed by atoms with Gasteiger partial charge in [0.15, 0.2) is 41.8 Å². The molecule has 0 spiro atoms. The van der Waals surface area contributed by atoms with Gasteiger partial charge < -0.3 is 44.1 Å². The van der Waals surface area contributed by atoms with Gasteiger partial charge in [-0.15, -0.1) is 0 Å². The number of benzene rings is 2. The fourth-order valence-corrected chi connectivity index (χ4v) is 4.91. The van der Waals surface area contributed by atoms with Gasteiger partial charge in [0.05, 0.1) is 32.3 Å². The van der Waals surface area contributed by atoms with Crippen LogP contribution < -0.4 is 23.5 Å². The zero-order valence-corrected chi connectivity index (χ0v) is 20.5. The number of hydrogen-bond acceptors (Lipinski definition) is 9. The number of aromatic nitrogens is 1. The molecule has 5 rings (SSSR count). The number of carboxylic acid groups (broad SMARTS) is 1. The second-order valence-corrected chi connectivity index (χ2v) is 8.92. The molecule has 0 saturated carbocycles. The Bertz CT molecular complexity index is 1360. The maximum atomic E-state index is 11.4. The Hall–Kier alpha value is -3.64. The molecule has 11 nitrogen and oxygen atoms in total. The predicted molar refractivity (Wildman–Crippen MR) is 128 cm³/mol. The first-order valence-electron chi connectivity index (χ1n) is 11.7. The van der Waals surface area contributed by atoms with E-state index in [0.29, 0.717) is 30.2 Å². The van der Waals surface area contributed by atoms with Crippen LogP contribution in [0.4, 0.5) is 0 Å². The first kappa shape index (κ1) is 25.0. The van der Waals surface area contributed by atoms with Crippen molar-refractivity contribution in [3.05, 3.63) is 42.1 Å². The number of aliphatic carboxylic acids is 1. The van der Waals surface area contributed by atoms with Crippen LogP contribution >= 0.6 is 0 Å². The maximum absolute atomic E-state index is 11.4. The molecule has 5 atom stereocenters. The van der Waals surface area contributed by atoms with Gasteiger partial charge in [0, 0.05) is 12.5 Å². The smallest absolute Gasteiger partial charge is 0.335 e. The molecular formula is C26H28NO10+. The molecule has 1 saturated heterocycles. The average molecular weight is 515 g/mol. The van der Waals surface area contributed by atoms with Crippen LogP contribution in [-0.4, -0.2) is 78.4 Å². The van der Waals surface area contributed by atoms with Crippen molar-refractivity contribution >= 4 is 16.7 Å². The predicted octanol–water partition coefficient (Wildman–Crippen LogP) is 0.647. The number of nitrogens with zero attached hydrogens (tertiary/aromatic N) is 1. The summed E-state index contributed by atoms with van der Waals surface area (Å²) in [5, 5.41) is 41.6. The van der Waals surface area contributed by atoms with Crippen molar-refractivity contribution in [2.24, 2.45) is 0 Å². The SMILES string of the molecule is COc1cc2c(cc1O[C@@H]1O[C@H](C(=O)O)[C@@H](O)[C@H](O)[C@H]1O)CC[n+]1cc3c(OC)c(OC)ccc3cc1-2. The third-order valence-corrected chi connectivity index (χ3v) is 6.85. The fraction of sp³-hybridized carbons (Fsp3) is 0.385. The highest BCUT2D eigenvalue weighted by molar-refractivity contribution is 5.91. The normalized spacial score (nSPS) is 24.6. The van der Waals surface area contributed by atoms with Gasteiger partial charge in [-0.05, 0) is 35.2 Å². The summed E-state index contributed by atoms with van der Waals surface area (Å²) in [4.78, 5) is 11.4. The number of carbonyl (C=O) groups is 1. The van der Waals surface area contributed by atoms with E-state index in [1.807, 2.05) is 18.3 Å². The van der Waals surface area contributed by atoms with E-state index in [2.05, 4.69) is 10.6 Å². The lowest BCUT2D eigenvalue weighted by Crippen LogP contribution is -2.61. The number of rotatable bonds is 6. The lowest BCUT2D eigenvalue weighted by molar-refractivity contribution is -0.686. The van der Waals surface area contributed by atoms with E-state index in [1.165, 1.54) is 7.11 Å². The van der Waals surface area contributed by atoms with E-state index in [1.54, 1.807) is 26.4 Å². The highest BCUT2D eigenvalue weighted by Crippen LogP contribution is 2.41. The molecule has 0 bridgehead atoms. The molecule has 0 unspecified atom stereocenters. The highest BCUT2D eigenvalue weighted by Gasteiger charge is 2.48. The summed E-state index contributed by atoms with van der Waals surface area (Å²) in [7, 11) is 4.66. The molecule has 0 aliphatic carbocycles. The van der Waals surface area contributed by atoms with Crippen LogP contribution in [0, 0.1) is 0 Å². The van der Waals surface area contributed by atoms with Crippen LogP contribution in [0.2, 0.25) is 0 Å². The summed E-state index contributed by atoms with van der Waals surface area (Å²) in [5.74, 6) is 0.340. The molecule has 2 aromatic carbocycles. The third-order valence-electron chi connectivity index (χ3n) is 6.85. The summed E-state index contributed by atoms with van der Waals surface area (Å²) in [6.45, 7) is 0.666. The summed E-state index contributed by atoms with van der Waals surface area (Å²) in [5.41, 5.74) is 2.80. The largest absolute Gasteiger partial charge is 0.493 e. The van der Waals surface area contributed by atoms with Crippen molar-refractivity contribution in [1.82, 2.24) is 0 Å². The minimum Gasteiger partial charge on any atom is -0.493 e. The third kappa shape index (κ3) is 4.19. The Labute approximate surface area is 212 Å². The number of aryl methyl sites for hydroxylation is 2. The zero-order valence-electron chi connectivity index (χ0n) is 20.5. The Morgan fingerprint density at radius 2 is 1.70 bits per heavy atom. The lowest BCUT2D eigenvalue weighted by Gasteiger charge is -2.38. The molecule has 0 amide bonds. The lowest BCUT2D eigenvalue weighted by atomic mass is 9.95. The van der Waals surface area contributed by atoms with Crippen LogP contribution in [0.3, 0.4) is 0 Å². The van der Waals surface area contributed by atoms with Crippen LogP contribution in [-0.2, 0) is 22.5 Å². The highest BCUT2D eigenvalue weighted by atomic mass is 16.7. The number of hydrogen-bond donors (Lipinski definition) is 4. The molecule has 3 aromatic rings. The standard InChI is InChI=1S/C26H27NO10/c1-33-17-5-4-12-8-16-14-10-18(34-2)19(9-13(14)6-7-27(16)11-15(12)23(17)35-3)36-26-22(30)20(28)21(29)24(37-26)25(31)32/h4-5,8-11,20-22,24,26,28-30H,6-7H2,1-3H3/p+1/t20-,21-,22+,24-,26+/m0/s1. The van der Waals surface area contributed by atoms with E-state index < -0.39 is 36.7 Å². The van der Waals surface area contributed by atoms with E-state index in [4.69, 9.17) is 23.7 Å². The van der Waals surface area contributed by atoms with Crippen molar-refractivity contribution in [3.8, 4) is 34.3 Å². The van der Waals surface area contributed by atoms with Gasteiger partial charge in [-0.2, -0.15) is 4.57 Å². The van der Waals surface area contributed by atoms with Crippen molar-refractivity contribution in [2.45, 2.75) is 43.7 Å². The van der Waals surface area contributed by atoms with Crippen molar-refractivity contribution < 1.29 is 53.5 Å². The Morgan fingerprint density at radius 1 is 0.946 bits per heavy atom. The van der Waals surface area contributed by atoms with Gasteiger partial charge in [-0.25, -0.2) is 4.79 Å². The minimum absolute atomic E-state index is 0.207. The molecule has 2 aliphatic rings. The first-order chi connectivity index (χ1) is 17.8. The topological polar surface area (TPSA) is 148 Å². The zero-order chi connectivity index (χ0) is 26.4. The number of pyridine rings is 1. The molecule has 2 aliphatic heterocycles. The Morgan fingerprint density at radius 3 is 2.38 bits per heavy atom. The Balaban J connectivity index is 1.53. The quantitative estimate of drug-likeness (QED) is 0.346. The van der Waals surface area contributed by atoms with Crippen LogP contribution in [0.5, 0.6) is 23.0 Å². The van der Waals surface area contributed by atoms with Gasteiger partial charge in [-0.3, -0.25) is 0 Å². The van der Waals surface area contributed by atoms with Gasteiger partial charge in [0.2, 0.25) is 12.0 Å². The van der Waals surface area contributed by atoms with E-state index >= 15 is 0 Å². The average Bonchev–Trinajstić information content (AvgIpc) is 2.90. The van der Waals surface area contributed by atoms with Gasteiger partial charge >= 0.3 is 5.97 Å². The van der Waals surface area contributed by atoms with Crippen LogP contribution in [0.1, 0.15) is 5.56 Å². The van der Waals surface area contributed by atoms with E-state index in [0.717, 1.165) is 27.6 Å². The van der Waals surface area contributed by atoms with Crippen molar-refractivity contribution in [1.29, 1.82) is 0 Å². The Kier molecular flexibility index (Phi) is 6.54. The second kappa shape index (κ2) is 9.67. The number of aliphatic hydroxyl groups excluding tert-OH is 3. The number of fused-ring (bicyclic) bond motifs is 4. The van der Waals surface area contributed by atoms with Crippen LogP contribution in [0.15, 0.2) is 36.5 Å². The second-order valence-electron chi connectivity index (χ2n) is 8.92. The fourth-order valence-electron chi connectivity index (χ4n) is 4.91. The summed E-state index contributed by atoms with van der Waals surface area (Å²) in [6.07, 6.45) is -5.88. The molecule has 4 N–H and O–H groups in total. The van der Waals surface area contributed by atoms with Gasteiger partial charge in [0.25, 0.3) is 0 Å². The molecule has 11 heteroatoms. The molecule has 37 heavy (non-hydrogen) atoms. The van der Waals surface area contributed by atoms with Gasteiger partial charge in [-0.1, -0.05) is 0 Å². The summed E-state index contributed by atoms with van der Waals surface area (Å²) in [6, 6.07) is 9.42. The van der Waals surface area contributed by atoms with E-state index in [-0.39, 0.29) is 5.75 Å². The van der Waals surface area contributed by atoms with Crippen molar-refractivity contribution in [2.75, 3.05) is 21.3 Å². The van der Waals surface area contributed by atoms with Crippen molar-refractivity contribution in [3.63, 3.8) is 0 Å².